The zero-order valence-electron chi connectivity index (χ0n) is 13.2. The smallest absolute Gasteiger partial charge is 0.241 e. The summed E-state index contributed by atoms with van der Waals surface area (Å²) in [6.45, 7) is 4.46. The van der Waals surface area contributed by atoms with Crippen LogP contribution in [0.15, 0.2) is 18.2 Å². The molecule has 6 heteroatoms. The van der Waals surface area contributed by atoms with E-state index in [1.165, 1.54) is 14.0 Å². The lowest BCUT2D eigenvalue weighted by Crippen LogP contribution is -2.45. The summed E-state index contributed by atoms with van der Waals surface area (Å²) in [6, 6.07) is 5.00. The number of benzene rings is 1. The van der Waals surface area contributed by atoms with Gasteiger partial charge < -0.3 is 20.7 Å². The van der Waals surface area contributed by atoms with Crippen molar-refractivity contribution >= 4 is 23.2 Å². The molecule has 2 unspecified atom stereocenters. The summed E-state index contributed by atoms with van der Waals surface area (Å²) in [6.07, 6.45) is 1.94. The first-order valence-electron chi connectivity index (χ1n) is 7.49. The maximum Gasteiger partial charge on any atom is 0.241 e. The van der Waals surface area contributed by atoms with Crippen LogP contribution in [0, 0.1) is 5.92 Å². The van der Waals surface area contributed by atoms with Gasteiger partial charge in [-0.05, 0) is 37.4 Å². The predicted octanol–water partition coefficient (Wildman–Crippen LogP) is 1.98. The molecule has 1 fully saturated rings. The molecule has 1 saturated heterocycles. The van der Waals surface area contributed by atoms with E-state index in [2.05, 4.69) is 22.9 Å². The average molecular weight is 305 g/mol. The molecular formula is C16H23N3O3. The Morgan fingerprint density at radius 2 is 2.09 bits per heavy atom. The third kappa shape index (κ3) is 4.21. The number of methoxy groups -OCH3 is 1. The molecule has 1 aromatic carbocycles. The summed E-state index contributed by atoms with van der Waals surface area (Å²) in [5, 5.41) is 8.81. The molecule has 0 bridgehead atoms. The lowest BCUT2D eigenvalue weighted by Gasteiger charge is -2.27. The fourth-order valence-electron chi connectivity index (χ4n) is 2.60. The van der Waals surface area contributed by atoms with Crippen LogP contribution >= 0.6 is 0 Å². The minimum Gasteiger partial charge on any atom is -0.494 e. The summed E-state index contributed by atoms with van der Waals surface area (Å²) in [5.41, 5.74) is 1.23. The van der Waals surface area contributed by atoms with Crippen molar-refractivity contribution in [2.45, 2.75) is 32.7 Å². The fourth-order valence-corrected chi connectivity index (χ4v) is 2.60. The highest BCUT2D eigenvalue weighted by atomic mass is 16.5. The first kappa shape index (κ1) is 16.3. The van der Waals surface area contributed by atoms with Gasteiger partial charge in [0.25, 0.3) is 0 Å². The van der Waals surface area contributed by atoms with E-state index in [0.29, 0.717) is 23.0 Å². The summed E-state index contributed by atoms with van der Waals surface area (Å²) in [5.74, 6) is 0.850. The minimum absolute atomic E-state index is 0.0409. The number of rotatable bonds is 4. The summed E-state index contributed by atoms with van der Waals surface area (Å²) >= 11 is 0. The van der Waals surface area contributed by atoms with Crippen molar-refractivity contribution < 1.29 is 14.3 Å². The van der Waals surface area contributed by atoms with Crippen LogP contribution in [-0.4, -0.2) is 31.5 Å². The van der Waals surface area contributed by atoms with Gasteiger partial charge in [-0.25, -0.2) is 0 Å². The number of carbonyl (C=O) groups excluding carboxylic acids is 2. The number of nitrogens with one attached hydrogen (secondary N) is 3. The van der Waals surface area contributed by atoms with Crippen LogP contribution in [0.25, 0.3) is 0 Å². The zero-order chi connectivity index (χ0) is 16.1. The highest BCUT2D eigenvalue weighted by Crippen LogP contribution is 2.28. The molecule has 0 aliphatic carbocycles. The van der Waals surface area contributed by atoms with Crippen molar-refractivity contribution in [3.8, 4) is 5.75 Å². The molecule has 0 radical (unpaired) electrons. The van der Waals surface area contributed by atoms with Gasteiger partial charge in [0.1, 0.15) is 5.75 Å². The zero-order valence-corrected chi connectivity index (χ0v) is 13.2. The summed E-state index contributed by atoms with van der Waals surface area (Å²) < 4.78 is 5.25. The van der Waals surface area contributed by atoms with Gasteiger partial charge in [-0.1, -0.05) is 6.92 Å². The Labute approximate surface area is 130 Å². The molecule has 2 amide bonds. The average Bonchev–Trinajstić information content (AvgIpc) is 2.48. The normalized spacial score (nSPS) is 21.0. The SMILES string of the molecule is COc1cc(NC(=O)C2CC(C)CCN2)ccc1NC(C)=O. The van der Waals surface area contributed by atoms with Crippen LogP contribution in [0.4, 0.5) is 11.4 Å². The maximum atomic E-state index is 12.3. The molecule has 6 nitrogen and oxygen atoms in total. The number of piperidine rings is 1. The van der Waals surface area contributed by atoms with Crippen molar-refractivity contribution in [3.63, 3.8) is 0 Å². The van der Waals surface area contributed by atoms with Crippen LogP contribution in [0.5, 0.6) is 5.75 Å². The summed E-state index contributed by atoms with van der Waals surface area (Å²) in [7, 11) is 1.52. The molecular weight excluding hydrogens is 282 g/mol. The molecule has 2 atom stereocenters. The molecule has 1 aromatic rings. The fraction of sp³-hybridized carbons (Fsp3) is 0.500. The number of amides is 2. The Hall–Kier alpha value is -2.08. The van der Waals surface area contributed by atoms with E-state index in [9.17, 15) is 9.59 Å². The van der Waals surface area contributed by atoms with E-state index in [1.807, 2.05) is 0 Å². The van der Waals surface area contributed by atoms with Gasteiger partial charge in [0.2, 0.25) is 11.8 Å². The molecule has 22 heavy (non-hydrogen) atoms. The van der Waals surface area contributed by atoms with Crippen molar-refractivity contribution in [1.29, 1.82) is 0 Å². The standard InChI is InChI=1S/C16H23N3O3/c1-10-6-7-17-14(8-10)16(21)19-12-4-5-13(18-11(2)20)15(9-12)22-3/h4-5,9-10,14,17H,6-8H2,1-3H3,(H,18,20)(H,19,21). The van der Waals surface area contributed by atoms with Crippen molar-refractivity contribution in [2.75, 3.05) is 24.3 Å². The second-order valence-electron chi connectivity index (χ2n) is 5.72. The maximum absolute atomic E-state index is 12.3. The Bertz CT molecular complexity index is 560. The van der Waals surface area contributed by atoms with Crippen LogP contribution < -0.4 is 20.7 Å². The van der Waals surface area contributed by atoms with Gasteiger partial charge in [0, 0.05) is 18.7 Å². The molecule has 1 aliphatic heterocycles. The number of anilines is 2. The molecule has 0 saturated carbocycles. The van der Waals surface area contributed by atoms with E-state index in [4.69, 9.17) is 4.74 Å². The molecule has 3 N–H and O–H groups in total. The quantitative estimate of drug-likeness (QED) is 0.794. The minimum atomic E-state index is -0.171. The first-order valence-corrected chi connectivity index (χ1v) is 7.49. The Morgan fingerprint density at radius 3 is 2.73 bits per heavy atom. The van der Waals surface area contributed by atoms with Crippen molar-refractivity contribution in [1.82, 2.24) is 5.32 Å². The van der Waals surface area contributed by atoms with Crippen LogP contribution in [-0.2, 0) is 9.59 Å². The lowest BCUT2D eigenvalue weighted by molar-refractivity contribution is -0.119. The van der Waals surface area contributed by atoms with Gasteiger partial charge in [-0.15, -0.1) is 0 Å². The number of carbonyl (C=O) groups is 2. The van der Waals surface area contributed by atoms with Gasteiger partial charge in [-0.2, -0.15) is 0 Å². The van der Waals surface area contributed by atoms with Crippen LogP contribution in [0.1, 0.15) is 26.7 Å². The topological polar surface area (TPSA) is 79.5 Å². The van der Waals surface area contributed by atoms with Crippen LogP contribution in [0.3, 0.4) is 0 Å². The van der Waals surface area contributed by atoms with Gasteiger partial charge >= 0.3 is 0 Å². The van der Waals surface area contributed by atoms with Gasteiger partial charge in [-0.3, -0.25) is 9.59 Å². The second-order valence-corrected chi connectivity index (χ2v) is 5.72. The Kier molecular flexibility index (Phi) is 5.38. The predicted molar refractivity (Wildman–Crippen MR) is 86.1 cm³/mol. The van der Waals surface area contributed by atoms with E-state index in [0.717, 1.165) is 19.4 Å². The Morgan fingerprint density at radius 1 is 1.32 bits per heavy atom. The van der Waals surface area contributed by atoms with Gasteiger partial charge in [0.05, 0.1) is 18.8 Å². The van der Waals surface area contributed by atoms with E-state index < -0.39 is 0 Å². The molecule has 0 aromatic heterocycles. The third-order valence-electron chi connectivity index (χ3n) is 3.76. The summed E-state index contributed by atoms with van der Waals surface area (Å²) in [4.78, 5) is 23.4. The highest BCUT2D eigenvalue weighted by molar-refractivity contribution is 5.96. The second kappa shape index (κ2) is 7.26. The molecule has 1 heterocycles. The van der Waals surface area contributed by atoms with Crippen molar-refractivity contribution in [3.05, 3.63) is 18.2 Å². The monoisotopic (exact) mass is 305 g/mol. The van der Waals surface area contributed by atoms with E-state index in [-0.39, 0.29) is 17.9 Å². The van der Waals surface area contributed by atoms with Crippen molar-refractivity contribution in [2.24, 2.45) is 5.92 Å². The number of hydrogen-bond donors (Lipinski definition) is 3. The van der Waals surface area contributed by atoms with Crippen LogP contribution in [0.2, 0.25) is 0 Å². The first-order chi connectivity index (χ1) is 10.5. The molecule has 0 spiro atoms. The lowest BCUT2D eigenvalue weighted by atomic mass is 9.94. The highest BCUT2D eigenvalue weighted by Gasteiger charge is 2.24. The number of hydrogen-bond acceptors (Lipinski definition) is 4. The van der Waals surface area contributed by atoms with Gasteiger partial charge in [0.15, 0.2) is 0 Å². The van der Waals surface area contributed by atoms with E-state index in [1.54, 1.807) is 18.2 Å². The molecule has 2 rings (SSSR count). The molecule has 1 aliphatic rings. The third-order valence-corrected chi connectivity index (χ3v) is 3.76. The molecule has 120 valence electrons. The largest absolute Gasteiger partial charge is 0.494 e. The Balaban J connectivity index is 2.06. The number of ether oxygens (including phenoxy) is 1. The van der Waals surface area contributed by atoms with E-state index >= 15 is 0 Å².